The number of rotatable bonds is 6. The van der Waals surface area contributed by atoms with Crippen LogP contribution >= 0.6 is 11.8 Å². The van der Waals surface area contributed by atoms with Crippen molar-refractivity contribution in [2.45, 2.75) is 5.16 Å². The van der Waals surface area contributed by atoms with E-state index in [1.165, 1.54) is 9.36 Å². The molecule has 2 aromatic carbocycles. The molecular formula is C17H13N6O3S+. The number of benzene rings is 2. The number of aromatic nitrogens is 6. The fourth-order valence-corrected chi connectivity index (χ4v) is 3.22. The van der Waals surface area contributed by atoms with Crippen LogP contribution in [-0.2, 0) is 0 Å². The molecule has 0 atom stereocenters. The molecule has 0 radical (unpaired) electrons. The Kier molecular flexibility index (Phi) is 4.62. The SMILES string of the molecule is O=C(CSc1nnnn1-c1ccccc1)c1c(=O)o[nH][n+]1-c1ccccc1. The number of tetrazole rings is 1. The van der Waals surface area contributed by atoms with Crippen molar-refractivity contribution in [3.05, 3.63) is 76.8 Å². The lowest BCUT2D eigenvalue weighted by atomic mass is 10.3. The number of carbonyl (C=O) groups excluding carboxylic acids is 1. The predicted molar refractivity (Wildman–Crippen MR) is 95.1 cm³/mol. The molecule has 0 bridgehead atoms. The van der Waals surface area contributed by atoms with Crippen molar-refractivity contribution in [3.63, 3.8) is 0 Å². The Balaban J connectivity index is 1.57. The molecule has 4 rings (SSSR count). The van der Waals surface area contributed by atoms with E-state index < -0.39 is 11.4 Å². The van der Waals surface area contributed by atoms with Crippen LogP contribution in [0.4, 0.5) is 0 Å². The van der Waals surface area contributed by atoms with Gasteiger partial charge < -0.3 is 0 Å². The molecule has 0 amide bonds. The first-order valence-electron chi connectivity index (χ1n) is 7.93. The highest BCUT2D eigenvalue weighted by molar-refractivity contribution is 7.99. The predicted octanol–water partition coefficient (Wildman–Crippen LogP) is 1.20. The van der Waals surface area contributed by atoms with E-state index in [2.05, 4.69) is 20.8 Å². The zero-order valence-electron chi connectivity index (χ0n) is 13.8. The van der Waals surface area contributed by atoms with Crippen molar-refractivity contribution in [1.29, 1.82) is 0 Å². The number of nitrogens with zero attached hydrogens (tertiary/aromatic N) is 5. The lowest BCUT2D eigenvalue weighted by Gasteiger charge is -2.02. The molecule has 27 heavy (non-hydrogen) atoms. The van der Waals surface area contributed by atoms with Gasteiger partial charge in [-0.15, -0.1) is 5.10 Å². The number of para-hydroxylation sites is 2. The van der Waals surface area contributed by atoms with Crippen molar-refractivity contribution < 1.29 is 14.0 Å². The van der Waals surface area contributed by atoms with Crippen LogP contribution in [0.1, 0.15) is 10.5 Å². The van der Waals surface area contributed by atoms with Gasteiger partial charge in [-0.05, 0) is 32.5 Å². The first-order chi connectivity index (χ1) is 13.2. The third-order valence-corrected chi connectivity index (χ3v) is 4.62. The highest BCUT2D eigenvalue weighted by Gasteiger charge is 2.30. The number of H-pyrrole nitrogens is 1. The fraction of sp³-hybridized carbons (Fsp3) is 0.0588. The highest BCUT2D eigenvalue weighted by atomic mass is 32.2. The summed E-state index contributed by atoms with van der Waals surface area (Å²) >= 11 is 1.14. The summed E-state index contributed by atoms with van der Waals surface area (Å²) in [6.07, 6.45) is 0. The maximum absolute atomic E-state index is 12.7. The zero-order chi connectivity index (χ0) is 18.6. The molecule has 0 aliphatic heterocycles. The van der Waals surface area contributed by atoms with Crippen LogP contribution in [0.5, 0.6) is 0 Å². The number of ketones is 1. The monoisotopic (exact) mass is 381 g/mol. The van der Waals surface area contributed by atoms with Gasteiger partial charge in [0.1, 0.15) is 0 Å². The van der Waals surface area contributed by atoms with Gasteiger partial charge in [0, 0.05) is 12.1 Å². The Morgan fingerprint density at radius 2 is 1.81 bits per heavy atom. The van der Waals surface area contributed by atoms with Crippen LogP contribution in [0, 0.1) is 0 Å². The van der Waals surface area contributed by atoms with Crippen molar-refractivity contribution in [2.75, 3.05) is 5.75 Å². The Hall–Kier alpha value is -3.53. The second kappa shape index (κ2) is 7.38. The molecular weight excluding hydrogens is 368 g/mol. The second-order valence-electron chi connectivity index (χ2n) is 5.42. The molecule has 0 saturated carbocycles. The van der Waals surface area contributed by atoms with Crippen molar-refractivity contribution in [1.82, 2.24) is 25.5 Å². The first-order valence-corrected chi connectivity index (χ1v) is 8.91. The molecule has 0 fully saturated rings. The minimum Gasteiger partial charge on any atom is -0.286 e. The number of hydrogen-bond acceptors (Lipinski definition) is 7. The minimum absolute atomic E-state index is 0.0251. The number of nitrogens with one attached hydrogen (secondary N) is 1. The zero-order valence-corrected chi connectivity index (χ0v) is 14.7. The number of thioether (sulfide) groups is 1. The topological polar surface area (TPSA) is 111 Å². The summed E-state index contributed by atoms with van der Waals surface area (Å²) in [7, 11) is 0. The average Bonchev–Trinajstić information content (AvgIpc) is 3.34. The van der Waals surface area contributed by atoms with E-state index >= 15 is 0 Å². The number of hydrogen-bond donors (Lipinski definition) is 1. The molecule has 2 aromatic heterocycles. The van der Waals surface area contributed by atoms with E-state index in [1.54, 1.807) is 24.3 Å². The summed E-state index contributed by atoms with van der Waals surface area (Å²) in [6, 6.07) is 18.3. The van der Waals surface area contributed by atoms with Crippen molar-refractivity contribution in [2.24, 2.45) is 0 Å². The highest BCUT2D eigenvalue weighted by Crippen LogP contribution is 2.18. The van der Waals surface area contributed by atoms with E-state index in [0.717, 1.165) is 17.4 Å². The quantitative estimate of drug-likeness (QED) is 0.303. The molecule has 0 aliphatic carbocycles. The summed E-state index contributed by atoms with van der Waals surface area (Å²) < 4.78 is 7.66. The molecule has 4 aromatic rings. The van der Waals surface area contributed by atoms with Crippen LogP contribution in [0.15, 0.2) is 75.1 Å². The summed E-state index contributed by atoms with van der Waals surface area (Å²) in [5.74, 6) is -0.427. The summed E-state index contributed by atoms with van der Waals surface area (Å²) in [5.41, 5.74) is 0.573. The third-order valence-electron chi connectivity index (χ3n) is 3.70. The third kappa shape index (κ3) is 3.42. The molecule has 10 heteroatoms. The number of carbonyl (C=O) groups is 1. The van der Waals surface area contributed by atoms with E-state index in [1.807, 2.05) is 36.4 Å². The molecule has 0 spiro atoms. The standard InChI is InChI=1S/C17H12N6O3S/c24-14(15-16(25)26-21-22(15)12-7-3-1-4-8-12)11-27-17-18-19-20-23(17)13-9-5-2-6-10-13/h1-10H,11H2/p+1. The Bertz CT molecular complexity index is 1120. The van der Waals surface area contributed by atoms with Gasteiger partial charge in [0.05, 0.1) is 11.4 Å². The lowest BCUT2D eigenvalue weighted by molar-refractivity contribution is -0.672. The van der Waals surface area contributed by atoms with Gasteiger partial charge in [0.15, 0.2) is 0 Å². The molecule has 1 N–H and O–H groups in total. The Labute approximate surface area is 156 Å². The van der Waals surface area contributed by atoms with Crippen LogP contribution in [0.2, 0.25) is 0 Å². The molecule has 2 heterocycles. The summed E-state index contributed by atoms with van der Waals surface area (Å²) in [6.45, 7) is 0. The van der Waals surface area contributed by atoms with E-state index in [4.69, 9.17) is 4.52 Å². The van der Waals surface area contributed by atoms with E-state index in [9.17, 15) is 9.59 Å². The van der Waals surface area contributed by atoms with Crippen LogP contribution in [0.25, 0.3) is 11.4 Å². The molecule has 0 saturated heterocycles. The smallest absolute Gasteiger partial charge is 0.286 e. The summed E-state index contributed by atoms with van der Waals surface area (Å²) in [4.78, 5) is 24.7. The maximum Gasteiger partial charge on any atom is 0.438 e. The van der Waals surface area contributed by atoms with Gasteiger partial charge >= 0.3 is 11.3 Å². The summed E-state index contributed by atoms with van der Waals surface area (Å²) in [5, 5.41) is 14.4. The lowest BCUT2D eigenvalue weighted by Crippen LogP contribution is -2.41. The van der Waals surface area contributed by atoms with Gasteiger partial charge in [-0.3, -0.25) is 9.32 Å². The van der Waals surface area contributed by atoms with Gasteiger partial charge in [0.2, 0.25) is 16.6 Å². The normalized spacial score (nSPS) is 10.8. The van der Waals surface area contributed by atoms with Gasteiger partial charge in [-0.25, -0.2) is 4.79 Å². The largest absolute Gasteiger partial charge is 0.438 e. The molecule has 0 unspecified atom stereocenters. The molecule has 9 nitrogen and oxygen atoms in total. The van der Waals surface area contributed by atoms with Gasteiger partial charge in [-0.1, -0.05) is 48.2 Å². The Morgan fingerprint density at radius 3 is 2.56 bits per heavy atom. The Morgan fingerprint density at radius 1 is 1.11 bits per heavy atom. The fourth-order valence-electron chi connectivity index (χ4n) is 2.47. The average molecular weight is 381 g/mol. The number of Topliss-reactive ketones (excluding diaryl/α,β-unsaturated/α-hetero) is 1. The van der Waals surface area contributed by atoms with E-state index in [-0.39, 0.29) is 11.4 Å². The van der Waals surface area contributed by atoms with Gasteiger partial charge in [0.25, 0.3) is 0 Å². The number of aromatic amines is 1. The van der Waals surface area contributed by atoms with Crippen molar-refractivity contribution in [3.8, 4) is 11.4 Å². The minimum atomic E-state index is -0.730. The molecule has 134 valence electrons. The van der Waals surface area contributed by atoms with Gasteiger partial charge in [-0.2, -0.15) is 4.68 Å². The second-order valence-corrected chi connectivity index (χ2v) is 6.36. The van der Waals surface area contributed by atoms with Crippen LogP contribution in [-0.4, -0.2) is 37.0 Å². The maximum atomic E-state index is 12.7. The van der Waals surface area contributed by atoms with Crippen LogP contribution < -0.4 is 10.3 Å². The van der Waals surface area contributed by atoms with Crippen LogP contribution in [0.3, 0.4) is 0 Å². The van der Waals surface area contributed by atoms with E-state index in [0.29, 0.717) is 10.8 Å². The molecule has 0 aliphatic rings. The van der Waals surface area contributed by atoms with Crippen molar-refractivity contribution >= 4 is 17.5 Å². The first kappa shape index (κ1) is 16.9.